The number of hydrogen-bond donors (Lipinski definition) is 4. The molecule has 0 atom stereocenters. The van der Waals surface area contributed by atoms with Crippen LogP contribution in [0.25, 0.3) is 0 Å². The molecule has 122 valence electrons. The van der Waals surface area contributed by atoms with E-state index in [1.165, 1.54) is 24.3 Å². The van der Waals surface area contributed by atoms with Crippen LogP contribution >= 0.6 is 11.8 Å². The fraction of sp³-hybridized carbons (Fsp3) is 0.0909. The number of nitrogen functional groups attached to an aromatic ring is 2. The molecule has 0 aliphatic carbocycles. The molecule has 12 heteroatoms. The Labute approximate surface area is 135 Å². The first-order chi connectivity index (χ1) is 10.7. The molecule has 1 heterocycles. The van der Waals surface area contributed by atoms with E-state index in [-0.39, 0.29) is 33.6 Å². The van der Waals surface area contributed by atoms with Crippen molar-refractivity contribution >= 4 is 45.3 Å². The number of benzene rings is 1. The van der Waals surface area contributed by atoms with Crippen LogP contribution in [-0.2, 0) is 14.8 Å². The van der Waals surface area contributed by atoms with Crippen LogP contribution in [0.4, 0.5) is 17.6 Å². The fourth-order valence-electron chi connectivity index (χ4n) is 1.51. The van der Waals surface area contributed by atoms with Crippen LogP contribution in [0.15, 0.2) is 34.3 Å². The lowest BCUT2D eigenvalue weighted by Crippen LogP contribution is -2.15. The Hall–Kier alpha value is -2.44. The molecule has 0 bridgehead atoms. The van der Waals surface area contributed by atoms with Gasteiger partial charge in [-0.3, -0.25) is 4.79 Å². The molecule has 0 saturated heterocycles. The zero-order valence-electron chi connectivity index (χ0n) is 11.6. The minimum Gasteiger partial charge on any atom is -0.368 e. The van der Waals surface area contributed by atoms with E-state index in [4.69, 9.17) is 16.6 Å². The molecule has 0 aliphatic heterocycles. The van der Waals surface area contributed by atoms with Gasteiger partial charge in [0, 0.05) is 5.69 Å². The molecule has 23 heavy (non-hydrogen) atoms. The van der Waals surface area contributed by atoms with Crippen LogP contribution in [0.5, 0.6) is 0 Å². The van der Waals surface area contributed by atoms with Crippen LogP contribution < -0.4 is 21.9 Å². The second-order valence-corrected chi connectivity index (χ2v) is 6.74. The van der Waals surface area contributed by atoms with E-state index in [0.717, 1.165) is 11.8 Å². The summed E-state index contributed by atoms with van der Waals surface area (Å²) in [6.45, 7) is 0. The number of rotatable bonds is 5. The molecule has 1 aromatic heterocycles. The summed E-state index contributed by atoms with van der Waals surface area (Å²) in [5, 5.41) is 7.81. The number of primary sulfonamides is 1. The first-order valence-corrected chi connectivity index (χ1v) is 8.60. The summed E-state index contributed by atoms with van der Waals surface area (Å²) in [5.41, 5.74) is 11.3. The average molecular weight is 355 g/mol. The lowest BCUT2D eigenvalue weighted by molar-refractivity contribution is -0.113. The molecule has 2 rings (SSSR count). The van der Waals surface area contributed by atoms with Crippen molar-refractivity contribution in [1.29, 1.82) is 0 Å². The number of thioether (sulfide) groups is 1. The highest BCUT2D eigenvalue weighted by Gasteiger charge is 2.10. The third kappa shape index (κ3) is 5.05. The van der Waals surface area contributed by atoms with Crippen LogP contribution in [0, 0.1) is 0 Å². The van der Waals surface area contributed by atoms with E-state index in [2.05, 4.69) is 20.3 Å². The average Bonchev–Trinajstić information content (AvgIpc) is 2.44. The van der Waals surface area contributed by atoms with Crippen molar-refractivity contribution in [1.82, 2.24) is 15.0 Å². The van der Waals surface area contributed by atoms with Gasteiger partial charge >= 0.3 is 0 Å². The van der Waals surface area contributed by atoms with Crippen molar-refractivity contribution in [3.05, 3.63) is 24.3 Å². The largest absolute Gasteiger partial charge is 0.368 e. The highest BCUT2D eigenvalue weighted by Crippen LogP contribution is 2.16. The molecular formula is C11H13N7O3S2. The van der Waals surface area contributed by atoms with Gasteiger partial charge in [-0.25, -0.2) is 13.6 Å². The predicted octanol–water partition coefficient (Wildman–Crippen LogP) is -0.586. The van der Waals surface area contributed by atoms with E-state index < -0.39 is 10.0 Å². The molecule has 0 spiro atoms. The summed E-state index contributed by atoms with van der Waals surface area (Å²) in [6.07, 6.45) is 0. The summed E-state index contributed by atoms with van der Waals surface area (Å²) < 4.78 is 22.3. The molecule has 2 aromatic rings. The van der Waals surface area contributed by atoms with E-state index in [1.54, 1.807) is 0 Å². The maximum absolute atomic E-state index is 11.8. The first kappa shape index (κ1) is 16.9. The molecule has 7 N–H and O–H groups in total. The minimum atomic E-state index is -3.77. The normalized spacial score (nSPS) is 11.2. The third-order valence-electron chi connectivity index (χ3n) is 2.45. The van der Waals surface area contributed by atoms with Gasteiger partial charge in [-0.05, 0) is 24.3 Å². The van der Waals surface area contributed by atoms with E-state index in [1.807, 2.05) is 0 Å². The molecular weight excluding hydrogens is 342 g/mol. The molecule has 0 saturated carbocycles. The van der Waals surface area contributed by atoms with Crippen molar-refractivity contribution in [2.45, 2.75) is 10.1 Å². The standard InChI is InChI=1S/C11H13N7O3S2/c12-9-16-10(13)18-11(17-9)22-5-8(19)15-6-1-3-7(4-2-6)23(14,20)21/h1-4H,5H2,(H,15,19)(H2,14,20,21)(H4,12,13,16,17,18). The molecule has 1 amide bonds. The van der Waals surface area contributed by atoms with Crippen molar-refractivity contribution in [3.8, 4) is 0 Å². The maximum Gasteiger partial charge on any atom is 0.238 e. The number of carbonyl (C=O) groups is 1. The number of hydrogen-bond acceptors (Lipinski definition) is 9. The Kier molecular flexibility index (Phi) is 4.98. The zero-order chi connectivity index (χ0) is 17.0. The van der Waals surface area contributed by atoms with E-state index in [0.29, 0.717) is 5.69 Å². The van der Waals surface area contributed by atoms with E-state index in [9.17, 15) is 13.2 Å². The Morgan fingerprint density at radius 1 is 1.09 bits per heavy atom. The first-order valence-electron chi connectivity index (χ1n) is 6.06. The van der Waals surface area contributed by atoms with Gasteiger partial charge in [0.1, 0.15) is 0 Å². The van der Waals surface area contributed by atoms with Crippen molar-refractivity contribution in [2.75, 3.05) is 22.5 Å². The van der Waals surface area contributed by atoms with Crippen LogP contribution in [0.2, 0.25) is 0 Å². The van der Waals surface area contributed by atoms with Gasteiger partial charge in [0.15, 0.2) is 5.16 Å². The number of nitrogens with two attached hydrogens (primary N) is 3. The smallest absolute Gasteiger partial charge is 0.238 e. The summed E-state index contributed by atoms with van der Waals surface area (Å²) in [4.78, 5) is 23.1. The number of aromatic nitrogens is 3. The Bertz CT molecular complexity index is 804. The predicted molar refractivity (Wildman–Crippen MR) is 85.8 cm³/mol. The highest BCUT2D eigenvalue weighted by molar-refractivity contribution is 7.99. The monoisotopic (exact) mass is 355 g/mol. The Balaban J connectivity index is 1.94. The lowest BCUT2D eigenvalue weighted by atomic mass is 10.3. The van der Waals surface area contributed by atoms with Gasteiger partial charge in [0.2, 0.25) is 27.8 Å². The summed E-state index contributed by atoms with van der Waals surface area (Å²) in [5.74, 6) is -0.381. The summed E-state index contributed by atoms with van der Waals surface area (Å²) >= 11 is 1.03. The van der Waals surface area contributed by atoms with Gasteiger partial charge in [0.05, 0.1) is 10.6 Å². The molecule has 0 aliphatic rings. The molecule has 0 radical (unpaired) electrons. The third-order valence-corrected chi connectivity index (χ3v) is 4.22. The zero-order valence-corrected chi connectivity index (χ0v) is 13.3. The van der Waals surface area contributed by atoms with Gasteiger partial charge in [-0.1, -0.05) is 11.8 Å². The van der Waals surface area contributed by atoms with Gasteiger partial charge in [-0.2, -0.15) is 15.0 Å². The number of nitrogens with zero attached hydrogens (tertiary/aromatic N) is 3. The Morgan fingerprint density at radius 3 is 2.17 bits per heavy atom. The topological polar surface area (TPSA) is 180 Å². The molecule has 1 aromatic carbocycles. The number of carbonyl (C=O) groups excluding carboxylic acids is 1. The second-order valence-electron chi connectivity index (χ2n) is 4.24. The number of amides is 1. The van der Waals surface area contributed by atoms with Crippen LogP contribution in [0.1, 0.15) is 0 Å². The Morgan fingerprint density at radius 2 is 1.65 bits per heavy atom. The SMILES string of the molecule is Nc1nc(N)nc(SCC(=O)Nc2ccc(S(N)(=O)=O)cc2)n1. The minimum absolute atomic E-state index is 0.0137. The highest BCUT2D eigenvalue weighted by atomic mass is 32.2. The van der Waals surface area contributed by atoms with Crippen molar-refractivity contribution in [2.24, 2.45) is 5.14 Å². The lowest BCUT2D eigenvalue weighted by Gasteiger charge is -2.06. The fourth-order valence-corrected chi connectivity index (χ4v) is 2.67. The van der Waals surface area contributed by atoms with Crippen LogP contribution in [0.3, 0.4) is 0 Å². The van der Waals surface area contributed by atoms with Crippen LogP contribution in [-0.4, -0.2) is 35.0 Å². The molecule has 0 fully saturated rings. The maximum atomic E-state index is 11.8. The van der Waals surface area contributed by atoms with Gasteiger partial charge in [0.25, 0.3) is 0 Å². The van der Waals surface area contributed by atoms with Crippen molar-refractivity contribution < 1.29 is 13.2 Å². The van der Waals surface area contributed by atoms with E-state index >= 15 is 0 Å². The number of anilines is 3. The van der Waals surface area contributed by atoms with Gasteiger partial charge < -0.3 is 16.8 Å². The van der Waals surface area contributed by atoms with Gasteiger partial charge in [-0.15, -0.1) is 0 Å². The quantitative estimate of drug-likeness (QED) is 0.510. The number of nitrogens with one attached hydrogen (secondary N) is 1. The summed E-state index contributed by atoms with van der Waals surface area (Å²) in [6, 6.07) is 5.46. The molecule has 10 nitrogen and oxygen atoms in total. The van der Waals surface area contributed by atoms with Crippen molar-refractivity contribution in [3.63, 3.8) is 0 Å². The summed E-state index contributed by atoms with van der Waals surface area (Å²) in [7, 11) is -3.77. The second kappa shape index (κ2) is 6.76. The number of sulfonamides is 1. The molecule has 0 unspecified atom stereocenters.